The summed E-state index contributed by atoms with van der Waals surface area (Å²) in [4.78, 5) is 0. The minimum Gasteiger partial charge on any atom is -0.491 e. The number of nitrogens with one attached hydrogen (secondary N) is 1. The van der Waals surface area contributed by atoms with Crippen molar-refractivity contribution in [3.8, 4) is 5.75 Å². The van der Waals surface area contributed by atoms with Crippen LogP contribution in [0.4, 0.5) is 0 Å². The Morgan fingerprint density at radius 1 is 1.29 bits per heavy atom. The van der Waals surface area contributed by atoms with Crippen LogP contribution in [0.3, 0.4) is 0 Å². The van der Waals surface area contributed by atoms with Gasteiger partial charge in [0.2, 0.25) is 0 Å². The van der Waals surface area contributed by atoms with Gasteiger partial charge in [-0.15, -0.1) is 0 Å². The fraction of sp³-hybridized carbons (Fsp3) is 0.571. The van der Waals surface area contributed by atoms with Crippen molar-refractivity contribution in [2.45, 2.75) is 38.0 Å². The first kappa shape index (κ1) is 11.1. The molecule has 0 spiro atoms. The van der Waals surface area contributed by atoms with E-state index >= 15 is 0 Å². The highest BCUT2D eigenvalue weighted by atomic mass is 16.5. The number of hydrogen-bond donors (Lipinski definition) is 1. The van der Waals surface area contributed by atoms with Crippen molar-refractivity contribution in [2.24, 2.45) is 0 Å². The summed E-state index contributed by atoms with van der Waals surface area (Å²) < 4.78 is 11.3. The van der Waals surface area contributed by atoms with Crippen LogP contribution in [0.2, 0.25) is 0 Å². The van der Waals surface area contributed by atoms with E-state index in [4.69, 9.17) is 9.47 Å². The van der Waals surface area contributed by atoms with Crippen LogP contribution < -0.4 is 10.1 Å². The number of benzene rings is 1. The fourth-order valence-electron chi connectivity index (χ4n) is 2.73. The Kier molecular flexibility index (Phi) is 3.04. The van der Waals surface area contributed by atoms with Crippen LogP contribution in [0.15, 0.2) is 24.3 Å². The number of ether oxygens (including phenoxy) is 2. The molecule has 1 N–H and O–H groups in total. The quantitative estimate of drug-likeness (QED) is 0.850. The largest absolute Gasteiger partial charge is 0.491 e. The zero-order chi connectivity index (χ0) is 11.7. The molecule has 92 valence electrons. The third-order valence-corrected chi connectivity index (χ3v) is 3.62. The molecule has 1 fully saturated rings. The third-order valence-electron chi connectivity index (χ3n) is 3.62. The van der Waals surface area contributed by atoms with E-state index in [1.54, 1.807) is 0 Å². The summed E-state index contributed by atoms with van der Waals surface area (Å²) in [5, 5.41) is 3.70. The summed E-state index contributed by atoms with van der Waals surface area (Å²) in [6, 6.07) is 9.21. The molecule has 2 aliphatic heterocycles. The minimum absolute atomic E-state index is 0.349. The van der Waals surface area contributed by atoms with Gasteiger partial charge in [-0.2, -0.15) is 0 Å². The first-order valence-corrected chi connectivity index (χ1v) is 6.42. The van der Waals surface area contributed by atoms with Crippen LogP contribution in [0.25, 0.3) is 0 Å². The molecule has 0 saturated carbocycles. The Morgan fingerprint density at radius 3 is 3.06 bits per heavy atom. The second kappa shape index (κ2) is 4.67. The molecular formula is C14H19NO2. The second-order valence-corrected chi connectivity index (χ2v) is 4.97. The van der Waals surface area contributed by atoms with Gasteiger partial charge in [0.15, 0.2) is 0 Å². The van der Waals surface area contributed by atoms with Crippen LogP contribution in [-0.4, -0.2) is 25.4 Å². The van der Waals surface area contributed by atoms with Gasteiger partial charge < -0.3 is 14.8 Å². The van der Waals surface area contributed by atoms with E-state index in [2.05, 4.69) is 24.4 Å². The van der Waals surface area contributed by atoms with Crippen molar-refractivity contribution in [3.63, 3.8) is 0 Å². The highest BCUT2D eigenvalue weighted by Gasteiger charge is 2.28. The van der Waals surface area contributed by atoms with Crippen molar-refractivity contribution < 1.29 is 9.47 Å². The number of rotatable bonds is 2. The van der Waals surface area contributed by atoms with Crippen LogP contribution in [0.1, 0.15) is 31.4 Å². The molecule has 1 aromatic carbocycles. The van der Waals surface area contributed by atoms with Gasteiger partial charge in [0.05, 0.1) is 12.1 Å². The summed E-state index contributed by atoms with van der Waals surface area (Å²) in [7, 11) is 0. The molecular weight excluding hydrogens is 214 g/mol. The van der Waals surface area contributed by atoms with Crippen LogP contribution in [0, 0.1) is 0 Å². The lowest BCUT2D eigenvalue weighted by Gasteiger charge is -2.30. The molecule has 3 heteroatoms. The maximum absolute atomic E-state index is 5.69. The molecule has 0 amide bonds. The molecule has 2 aliphatic rings. The summed E-state index contributed by atoms with van der Waals surface area (Å²) in [6.45, 7) is 3.77. The summed E-state index contributed by atoms with van der Waals surface area (Å²) in [5.74, 6) is 1.03. The molecule has 3 atom stereocenters. The van der Waals surface area contributed by atoms with E-state index < -0.39 is 0 Å². The molecule has 0 bridgehead atoms. The third kappa shape index (κ3) is 2.31. The smallest absolute Gasteiger partial charge is 0.124 e. The standard InChI is InChI=1S/C14H19NO2/c1-10-8-11(6-7-16-10)15-13-9-17-14-5-3-2-4-12(13)14/h2-5,10-11,13,15H,6-9H2,1H3. The Hall–Kier alpha value is -1.06. The summed E-state index contributed by atoms with van der Waals surface area (Å²) in [6.07, 6.45) is 2.57. The Labute approximate surface area is 102 Å². The van der Waals surface area contributed by atoms with E-state index in [9.17, 15) is 0 Å². The lowest BCUT2D eigenvalue weighted by Crippen LogP contribution is -2.40. The molecule has 3 nitrogen and oxygen atoms in total. The van der Waals surface area contributed by atoms with Crippen molar-refractivity contribution in [3.05, 3.63) is 29.8 Å². The monoisotopic (exact) mass is 233 g/mol. The molecule has 0 aromatic heterocycles. The number of hydrogen-bond acceptors (Lipinski definition) is 3. The van der Waals surface area contributed by atoms with Crippen LogP contribution >= 0.6 is 0 Å². The molecule has 2 heterocycles. The van der Waals surface area contributed by atoms with Gasteiger partial charge in [-0.05, 0) is 25.8 Å². The second-order valence-electron chi connectivity index (χ2n) is 4.97. The van der Waals surface area contributed by atoms with Crippen LogP contribution in [-0.2, 0) is 4.74 Å². The van der Waals surface area contributed by atoms with Crippen molar-refractivity contribution in [2.75, 3.05) is 13.2 Å². The average Bonchev–Trinajstić information content (AvgIpc) is 2.73. The lowest BCUT2D eigenvalue weighted by atomic mass is 10.0. The SMILES string of the molecule is CC1CC(NC2COc3ccccc32)CCO1. The van der Waals surface area contributed by atoms with E-state index in [0.717, 1.165) is 31.8 Å². The Morgan fingerprint density at radius 2 is 2.18 bits per heavy atom. The minimum atomic E-state index is 0.349. The molecule has 1 saturated heterocycles. The summed E-state index contributed by atoms with van der Waals surface area (Å²) >= 11 is 0. The van der Waals surface area contributed by atoms with Gasteiger partial charge in [-0.1, -0.05) is 18.2 Å². The van der Waals surface area contributed by atoms with Gasteiger partial charge in [-0.3, -0.25) is 0 Å². The molecule has 17 heavy (non-hydrogen) atoms. The lowest BCUT2D eigenvalue weighted by molar-refractivity contribution is 0.0107. The van der Waals surface area contributed by atoms with Crippen molar-refractivity contribution in [1.82, 2.24) is 5.32 Å². The average molecular weight is 233 g/mol. The maximum Gasteiger partial charge on any atom is 0.124 e. The van der Waals surface area contributed by atoms with Crippen LogP contribution in [0.5, 0.6) is 5.75 Å². The zero-order valence-electron chi connectivity index (χ0n) is 10.2. The van der Waals surface area contributed by atoms with E-state index in [0.29, 0.717) is 18.2 Å². The number of fused-ring (bicyclic) bond motifs is 1. The molecule has 0 radical (unpaired) electrons. The number of para-hydroxylation sites is 1. The van der Waals surface area contributed by atoms with Gasteiger partial charge in [0, 0.05) is 18.2 Å². The van der Waals surface area contributed by atoms with Crippen molar-refractivity contribution >= 4 is 0 Å². The predicted molar refractivity (Wildman–Crippen MR) is 66.2 cm³/mol. The maximum atomic E-state index is 5.69. The normalized spacial score (nSPS) is 31.9. The van der Waals surface area contributed by atoms with E-state index in [1.165, 1.54) is 5.56 Å². The Balaban J connectivity index is 1.67. The topological polar surface area (TPSA) is 30.5 Å². The fourth-order valence-corrected chi connectivity index (χ4v) is 2.73. The zero-order valence-corrected chi connectivity index (χ0v) is 10.2. The highest BCUT2D eigenvalue weighted by molar-refractivity contribution is 5.39. The first-order valence-electron chi connectivity index (χ1n) is 6.42. The highest BCUT2D eigenvalue weighted by Crippen LogP contribution is 2.32. The van der Waals surface area contributed by atoms with E-state index in [-0.39, 0.29) is 0 Å². The molecule has 1 aromatic rings. The van der Waals surface area contributed by atoms with Gasteiger partial charge in [-0.25, -0.2) is 0 Å². The van der Waals surface area contributed by atoms with Gasteiger partial charge in [0.25, 0.3) is 0 Å². The van der Waals surface area contributed by atoms with Crippen molar-refractivity contribution in [1.29, 1.82) is 0 Å². The van der Waals surface area contributed by atoms with E-state index in [1.807, 2.05) is 12.1 Å². The molecule has 0 aliphatic carbocycles. The molecule has 3 rings (SSSR count). The molecule has 3 unspecified atom stereocenters. The summed E-state index contributed by atoms with van der Waals surface area (Å²) in [5.41, 5.74) is 1.30. The Bertz CT molecular complexity index is 394. The van der Waals surface area contributed by atoms with Gasteiger partial charge in [0.1, 0.15) is 12.4 Å². The van der Waals surface area contributed by atoms with Gasteiger partial charge >= 0.3 is 0 Å². The first-order chi connectivity index (χ1) is 8.33. The predicted octanol–water partition coefficient (Wildman–Crippen LogP) is 2.28.